The molecule has 0 spiro atoms. The van der Waals surface area contributed by atoms with E-state index in [-0.39, 0.29) is 18.6 Å². The maximum absolute atomic E-state index is 11.2. The second-order valence-electron chi connectivity index (χ2n) is 10.1. The SMILES string of the molecule is COc1ccc(CO[C@H](CCCCCCCCCCCC/C=C/CC/C=C/C[C@@H](C)O)CC(=O)O)cc1. The van der Waals surface area contributed by atoms with Gasteiger partial charge >= 0.3 is 5.97 Å². The number of carboxylic acid groups (broad SMARTS) is 1. The van der Waals surface area contributed by atoms with Crippen molar-refractivity contribution in [1.29, 1.82) is 0 Å². The molecule has 0 saturated heterocycles. The van der Waals surface area contributed by atoms with Crippen molar-refractivity contribution in [2.45, 2.75) is 128 Å². The summed E-state index contributed by atoms with van der Waals surface area (Å²) in [6.45, 7) is 2.25. The Kier molecular flexibility index (Phi) is 20.5. The number of aliphatic hydroxyl groups excluding tert-OH is 1. The van der Waals surface area contributed by atoms with E-state index in [0.29, 0.717) is 6.61 Å². The summed E-state index contributed by atoms with van der Waals surface area (Å²) in [5, 5.41) is 18.4. The summed E-state index contributed by atoms with van der Waals surface area (Å²) in [6.07, 6.45) is 25.8. The van der Waals surface area contributed by atoms with Crippen molar-refractivity contribution in [3.63, 3.8) is 0 Å². The van der Waals surface area contributed by atoms with Crippen LogP contribution in [0.5, 0.6) is 5.75 Å². The molecule has 37 heavy (non-hydrogen) atoms. The van der Waals surface area contributed by atoms with Crippen molar-refractivity contribution >= 4 is 5.97 Å². The summed E-state index contributed by atoms with van der Waals surface area (Å²) in [7, 11) is 1.64. The highest BCUT2D eigenvalue weighted by atomic mass is 16.5. The molecule has 0 aliphatic rings. The van der Waals surface area contributed by atoms with Gasteiger partial charge in [0.05, 0.1) is 32.3 Å². The molecule has 5 heteroatoms. The number of hydrogen-bond donors (Lipinski definition) is 2. The molecule has 0 aliphatic carbocycles. The fraction of sp³-hybridized carbons (Fsp3) is 0.656. The van der Waals surface area contributed by atoms with Crippen molar-refractivity contribution in [2.75, 3.05) is 7.11 Å². The Bertz CT molecular complexity index is 723. The number of aliphatic carboxylic acids is 1. The first kappa shape index (κ1) is 32.9. The fourth-order valence-electron chi connectivity index (χ4n) is 4.26. The first-order valence-electron chi connectivity index (χ1n) is 14.5. The first-order valence-corrected chi connectivity index (χ1v) is 14.5. The molecular formula is C32H52O5. The second-order valence-corrected chi connectivity index (χ2v) is 10.1. The van der Waals surface area contributed by atoms with Gasteiger partial charge in [-0.15, -0.1) is 0 Å². The van der Waals surface area contributed by atoms with Crippen LogP contribution in [0.4, 0.5) is 0 Å². The summed E-state index contributed by atoms with van der Waals surface area (Å²) in [5.41, 5.74) is 1.03. The second kappa shape index (κ2) is 23.0. The zero-order valence-corrected chi connectivity index (χ0v) is 23.4. The van der Waals surface area contributed by atoms with Gasteiger partial charge in [-0.3, -0.25) is 4.79 Å². The van der Waals surface area contributed by atoms with Gasteiger partial charge in [-0.25, -0.2) is 0 Å². The lowest BCUT2D eigenvalue weighted by Gasteiger charge is -2.16. The van der Waals surface area contributed by atoms with Gasteiger partial charge < -0.3 is 19.7 Å². The highest BCUT2D eigenvalue weighted by molar-refractivity contribution is 5.67. The molecule has 0 radical (unpaired) electrons. The zero-order chi connectivity index (χ0) is 27.0. The minimum absolute atomic E-state index is 0.0636. The summed E-state index contributed by atoms with van der Waals surface area (Å²) >= 11 is 0. The maximum atomic E-state index is 11.2. The van der Waals surface area contributed by atoms with Crippen LogP contribution in [0.1, 0.15) is 115 Å². The van der Waals surface area contributed by atoms with E-state index < -0.39 is 5.97 Å². The van der Waals surface area contributed by atoms with Gasteiger partial charge in [0.15, 0.2) is 0 Å². The number of carbonyl (C=O) groups is 1. The Hall–Kier alpha value is -2.11. The van der Waals surface area contributed by atoms with E-state index in [0.717, 1.165) is 49.8 Å². The van der Waals surface area contributed by atoms with Crippen LogP contribution in [0.15, 0.2) is 48.6 Å². The zero-order valence-electron chi connectivity index (χ0n) is 23.4. The Morgan fingerprint density at radius 3 is 1.92 bits per heavy atom. The van der Waals surface area contributed by atoms with E-state index in [4.69, 9.17) is 9.47 Å². The Morgan fingerprint density at radius 2 is 1.35 bits per heavy atom. The number of rotatable bonds is 24. The van der Waals surface area contributed by atoms with Gasteiger partial charge in [0.25, 0.3) is 0 Å². The Labute approximate surface area is 226 Å². The van der Waals surface area contributed by atoms with Gasteiger partial charge in [-0.1, -0.05) is 94.2 Å². The van der Waals surface area contributed by atoms with Gasteiger partial charge in [0.1, 0.15) is 5.75 Å². The van der Waals surface area contributed by atoms with Crippen LogP contribution in [-0.2, 0) is 16.1 Å². The molecule has 210 valence electrons. The summed E-state index contributed by atoms with van der Waals surface area (Å²) < 4.78 is 11.1. The van der Waals surface area contributed by atoms with Crippen LogP contribution in [-0.4, -0.2) is 35.5 Å². The molecular weight excluding hydrogens is 464 g/mol. The van der Waals surface area contributed by atoms with E-state index in [1.807, 2.05) is 31.2 Å². The third kappa shape index (κ3) is 20.6. The number of aliphatic hydroxyl groups is 1. The van der Waals surface area contributed by atoms with Crippen LogP contribution in [0.3, 0.4) is 0 Å². The molecule has 0 saturated carbocycles. The third-order valence-electron chi connectivity index (χ3n) is 6.50. The molecule has 0 aliphatic heterocycles. The predicted molar refractivity (Wildman–Crippen MR) is 153 cm³/mol. The largest absolute Gasteiger partial charge is 0.497 e. The summed E-state index contributed by atoms with van der Waals surface area (Å²) in [4.78, 5) is 11.2. The van der Waals surface area contributed by atoms with Crippen LogP contribution < -0.4 is 4.74 Å². The quantitative estimate of drug-likeness (QED) is 0.107. The Balaban J connectivity index is 1.96. The number of allylic oxidation sites excluding steroid dienone is 3. The smallest absolute Gasteiger partial charge is 0.305 e. The number of unbranched alkanes of at least 4 members (excludes halogenated alkanes) is 11. The van der Waals surface area contributed by atoms with Crippen molar-refractivity contribution in [3.8, 4) is 5.75 Å². The highest BCUT2D eigenvalue weighted by Crippen LogP contribution is 2.17. The average Bonchev–Trinajstić information content (AvgIpc) is 2.88. The lowest BCUT2D eigenvalue weighted by Crippen LogP contribution is -2.17. The van der Waals surface area contributed by atoms with Crippen LogP contribution >= 0.6 is 0 Å². The molecule has 0 bridgehead atoms. The molecule has 0 unspecified atom stereocenters. The molecule has 0 amide bonds. The molecule has 2 N–H and O–H groups in total. The lowest BCUT2D eigenvalue weighted by atomic mass is 10.0. The predicted octanol–water partition coefficient (Wildman–Crippen LogP) is 8.40. The summed E-state index contributed by atoms with van der Waals surface area (Å²) in [6, 6.07) is 7.70. The van der Waals surface area contributed by atoms with Crippen molar-refractivity contribution in [3.05, 3.63) is 54.1 Å². The molecule has 1 aromatic rings. The normalized spacial score (nSPS) is 13.4. The minimum atomic E-state index is -0.798. The molecule has 0 heterocycles. The van der Waals surface area contributed by atoms with E-state index in [2.05, 4.69) is 24.3 Å². The molecule has 2 atom stereocenters. The number of carboxylic acids is 1. The average molecular weight is 517 g/mol. The van der Waals surface area contributed by atoms with E-state index in [1.54, 1.807) is 7.11 Å². The van der Waals surface area contributed by atoms with E-state index >= 15 is 0 Å². The Morgan fingerprint density at radius 1 is 0.811 bits per heavy atom. The molecule has 0 fully saturated rings. The monoisotopic (exact) mass is 516 g/mol. The third-order valence-corrected chi connectivity index (χ3v) is 6.50. The standard InChI is InChI=1S/C32H52O5/c1-28(33)20-18-16-14-12-10-8-6-4-3-5-7-9-11-13-15-17-19-21-31(26-32(34)35)37-27-29-22-24-30(36-2)25-23-29/h8,10,16,18,22-25,28,31,33H,3-7,9,11-15,17,19-21,26-27H2,1-2H3,(H,34,35)/b10-8+,18-16+/t28-,31-/m1/s1. The summed E-state index contributed by atoms with van der Waals surface area (Å²) in [5.74, 6) is 0.00743. The van der Waals surface area contributed by atoms with Gasteiger partial charge in [-0.2, -0.15) is 0 Å². The van der Waals surface area contributed by atoms with E-state index in [9.17, 15) is 15.0 Å². The van der Waals surface area contributed by atoms with Crippen molar-refractivity contribution in [2.24, 2.45) is 0 Å². The first-order chi connectivity index (χ1) is 18.0. The molecule has 5 nitrogen and oxygen atoms in total. The molecule has 0 aromatic heterocycles. The highest BCUT2D eigenvalue weighted by Gasteiger charge is 2.14. The number of ether oxygens (including phenoxy) is 2. The minimum Gasteiger partial charge on any atom is -0.497 e. The van der Waals surface area contributed by atoms with Gasteiger partial charge in [0.2, 0.25) is 0 Å². The number of methoxy groups -OCH3 is 1. The van der Waals surface area contributed by atoms with Crippen molar-refractivity contribution in [1.82, 2.24) is 0 Å². The lowest BCUT2D eigenvalue weighted by molar-refractivity contribution is -0.140. The van der Waals surface area contributed by atoms with Crippen LogP contribution in [0.2, 0.25) is 0 Å². The topological polar surface area (TPSA) is 76.0 Å². The van der Waals surface area contributed by atoms with Crippen LogP contribution in [0, 0.1) is 0 Å². The molecule has 1 aromatic carbocycles. The van der Waals surface area contributed by atoms with Crippen molar-refractivity contribution < 1.29 is 24.5 Å². The fourth-order valence-corrected chi connectivity index (χ4v) is 4.26. The maximum Gasteiger partial charge on any atom is 0.305 e. The number of benzene rings is 1. The van der Waals surface area contributed by atoms with Gasteiger partial charge in [-0.05, 0) is 63.1 Å². The van der Waals surface area contributed by atoms with Crippen LogP contribution in [0.25, 0.3) is 0 Å². The molecule has 1 rings (SSSR count). The van der Waals surface area contributed by atoms with Gasteiger partial charge in [0, 0.05) is 0 Å². The number of hydrogen-bond acceptors (Lipinski definition) is 4. The van der Waals surface area contributed by atoms with E-state index in [1.165, 1.54) is 57.8 Å².